The number of nitrogens with two attached hydrogens (primary N) is 1. The monoisotopic (exact) mass is 331 g/mol. The highest BCUT2D eigenvalue weighted by atomic mass is 14.6. The van der Waals surface area contributed by atoms with Crippen molar-refractivity contribution in [3.8, 4) is 11.1 Å². The molecule has 130 valence electrons. The smallest absolute Gasteiger partial charge is 0.0400 e. The maximum Gasteiger partial charge on any atom is 0.0400 e. The predicted molar refractivity (Wildman–Crippen MR) is 111 cm³/mol. The van der Waals surface area contributed by atoms with E-state index in [9.17, 15) is 0 Å². The second kappa shape index (κ2) is 6.22. The summed E-state index contributed by atoms with van der Waals surface area (Å²) >= 11 is 0. The lowest BCUT2D eigenvalue weighted by Crippen LogP contribution is -2.24. The largest absolute Gasteiger partial charge is 0.398 e. The van der Waals surface area contributed by atoms with Gasteiger partial charge in [0.2, 0.25) is 0 Å². The van der Waals surface area contributed by atoms with E-state index in [4.69, 9.17) is 5.73 Å². The van der Waals surface area contributed by atoms with Gasteiger partial charge in [-0.3, -0.25) is 0 Å². The van der Waals surface area contributed by atoms with Gasteiger partial charge in [0, 0.05) is 11.3 Å². The number of fused-ring (bicyclic) bond motifs is 1. The van der Waals surface area contributed by atoms with Crippen LogP contribution in [-0.2, 0) is 5.41 Å². The zero-order chi connectivity index (χ0) is 18.2. The van der Waals surface area contributed by atoms with Gasteiger partial charge in [-0.2, -0.15) is 0 Å². The van der Waals surface area contributed by atoms with Gasteiger partial charge in [0.05, 0.1) is 0 Å². The summed E-state index contributed by atoms with van der Waals surface area (Å²) in [4.78, 5) is 0. The molecule has 3 rings (SSSR count). The van der Waals surface area contributed by atoms with E-state index in [1.165, 1.54) is 21.9 Å². The molecule has 0 aromatic heterocycles. The molecule has 0 aliphatic carbocycles. The molecule has 2 N–H and O–H groups in total. The van der Waals surface area contributed by atoms with Crippen LogP contribution >= 0.6 is 0 Å². The Labute approximate surface area is 151 Å². The third-order valence-electron chi connectivity index (χ3n) is 4.89. The third kappa shape index (κ3) is 3.71. The van der Waals surface area contributed by atoms with Crippen molar-refractivity contribution in [1.29, 1.82) is 0 Å². The molecule has 3 aromatic carbocycles. The van der Waals surface area contributed by atoms with Crippen LogP contribution < -0.4 is 5.73 Å². The fourth-order valence-corrected chi connectivity index (χ4v) is 4.13. The van der Waals surface area contributed by atoms with Crippen molar-refractivity contribution >= 4 is 16.5 Å². The fourth-order valence-electron chi connectivity index (χ4n) is 4.13. The molecule has 3 aromatic rings. The van der Waals surface area contributed by atoms with Crippen molar-refractivity contribution in [2.75, 3.05) is 5.73 Å². The molecule has 1 nitrogen and oxygen atoms in total. The van der Waals surface area contributed by atoms with E-state index in [0.717, 1.165) is 17.7 Å². The highest BCUT2D eigenvalue weighted by Crippen LogP contribution is 2.38. The van der Waals surface area contributed by atoms with E-state index >= 15 is 0 Å². The molecular formula is C24H29N. The van der Waals surface area contributed by atoms with E-state index in [0.29, 0.717) is 5.41 Å². The van der Waals surface area contributed by atoms with Gasteiger partial charge in [0.25, 0.3) is 0 Å². The minimum Gasteiger partial charge on any atom is -0.398 e. The van der Waals surface area contributed by atoms with Crippen LogP contribution in [0.4, 0.5) is 5.69 Å². The van der Waals surface area contributed by atoms with Crippen molar-refractivity contribution in [2.45, 2.75) is 46.5 Å². The zero-order valence-corrected chi connectivity index (χ0v) is 16.1. The van der Waals surface area contributed by atoms with Gasteiger partial charge in [0.1, 0.15) is 0 Å². The minimum atomic E-state index is 0.154. The lowest BCUT2D eigenvalue weighted by atomic mass is 9.72. The predicted octanol–water partition coefficient (Wildman–Crippen LogP) is 6.80. The minimum absolute atomic E-state index is 0.154. The van der Waals surface area contributed by atoms with Crippen LogP contribution in [0.25, 0.3) is 21.9 Å². The molecule has 0 radical (unpaired) electrons. The Bertz CT molecular complexity index is 880. The van der Waals surface area contributed by atoms with Crippen LogP contribution in [-0.4, -0.2) is 0 Å². The van der Waals surface area contributed by atoms with E-state index < -0.39 is 0 Å². The van der Waals surface area contributed by atoms with Crippen LogP contribution in [0.5, 0.6) is 0 Å². The molecule has 0 heterocycles. The Morgan fingerprint density at radius 3 is 2.04 bits per heavy atom. The molecule has 0 bridgehead atoms. The van der Waals surface area contributed by atoms with Crippen molar-refractivity contribution < 1.29 is 0 Å². The number of nitrogen functional groups attached to an aromatic ring is 1. The molecule has 0 spiro atoms. The molecule has 0 saturated heterocycles. The number of rotatable bonds is 3. The molecule has 0 aliphatic heterocycles. The maximum absolute atomic E-state index is 6.33. The SMILES string of the molecule is CC(C)(C)CC(C)(C)c1ccc(-c2c(N)ccc3ccccc23)cc1. The Hall–Kier alpha value is -2.28. The summed E-state index contributed by atoms with van der Waals surface area (Å²) in [5, 5.41) is 2.44. The highest BCUT2D eigenvalue weighted by molar-refractivity contribution is 6.02. The summed E-state index contributed by atoms with van der Waals surface area (Å²) in [5.74, 6) is 0. The first-order valence-electron chi connectivity index (χ1n) is 9.06. The molecule has 0 aliphatic rings. The van der Waals surface area contributed by atoms with Crippen LogP contribution in [0.2, 0.25) is 0 Å². The summed E-state index contributed by atoms with van der Waals surface area (Å²) < 4.78 is 0. The Balaban J connectivity index is 2.03. The fraction of sp³-hybridized carbons (Fsp3) is 0.333. The van der Waals surface area contributed by atoms with Gasteiger partial charge < -0.3 is 5.73 Å². The summed E-state index contributed by atoms with van der Waals surface area (Å²) in [6, 6.07) is 21.5. The molecule has 0 unspecified atom stereocenters. The summed E-state index contributed by atoms with van der Waals surface area (Å²) in [6.07, 6.45) is 1.15. The molecule has 0 atom stereocenters. The molecule has 0 amide bonds. The molecule has 0 saturated carbocycles. The first-order valence-corrected chi connectivity index (χ1v) is 9.06. The Morgan fingerprint density at radius 2 is 1.40 bits per heavy atom. The van der Waals surface area contributed by atoms with Crippen molar-refractivity contribution in [3.63, 3.8) is 0 Å². The average molecular weight is 332 g/mol. The zero-order valence-electron chi connectivity index (χ0n) is 16.1. The standard InChI is InChI=1S/C24H29N/c1-23(2,3)16-24(4,5)19-13-10-18(11-14-19)22-20-9-7-6-8-17(20)12-15-21(22)25/h6-15H,16,25H2,1-5H3. The van der Waals surface area contributed by atoms with E-state index in [2.05, 4.69) is 89.2 Å². The number of anilines is 1. The summed E-state index contributed by atoms with van der Waals surface area (Å²) in [6.45, 7) is 11.6. The number of hydrogen-bond donors (Lipinski definition) is 1. The van der Waals surface area contributed by atoms with E-state index in [-0.39, 0.29) is 5.41 Å². The molecule has 0 fully saturated rings. The van der Waals surface area contributed by atoms with Crippen molar-refractivity contribution in [1.82, 2.24) is 0 Å². The van der Waals surface area contributed by atoms with E-state index in [1.807, 2.05) is 6.07 Å². The third-order valence-corrected chi connectivity index (χ3v) is 4.89. The highest BCUT2D eigenvalue weighted by Gasteiger charge is 2.27. The lowest BCUT2D eigenvalue weighted by Gasteiger charge is -2.33. The summed E-state index contributed by atoms with van der Waals surface area (Å²) in [7, 11) is 0. The number of hydrogen-bond acceptors (Lipinski definition) is 1. The van der Waals surface area contributed by atoms with Crippen LogP contribution in [0.15, 0.2) is 60.7 Å². The van der Waals surface area contributed by atoms with Crippen LogP contribution in [0.3, 0.4) is 0 Å². The molecule has 25 heavy (non-hydrogen) atoms. The average Bonchev–Trinajstić information content (AvgIpc) is 2.53. The Morgan fingerprint density at radius 1 is 0.760 bits per heavy atom. The topological polar surface area (TPSA) is 26.0 Å². The molecule has 1 heteroatoms. The van der Waals surface area contributed by atoms with Gasteiger partial charge in [-0.15, -0.1) is 0 Å². The lowest BCUT2D eigenvalue weighted by molar-refractivity contribution is 0.284. The van der Waals surface area contributed by atoms with E-state index in [1.54, 1.807) is 0 Å². The van der Waals surface area contributed by atoms with Gasteiger partial charge in [-0.05, 0) is 45.2 Å². The summed E-state index contributed by atoms with van der Waals surface area (Å²) in [5.41, 5.74) is 11.3. The molecular weight excluding hydrogens is 302 g/mol. The van der Waals surface area contributed by atoms with Gasteiger partial charge >= 0.3 is 0 Å². The van der Waals surface area contributed by atoms with Crippen LogP contribution in [0.1, 0.15) is 46.6 Å². The Kier molecular flexibility index (Phi) is 4.36. The first kappa shape index (κ1) is 17.5. The quantitative estimate of drug-likeness (QED) is 0.524. The normalized spacial score (nSPS) is 12.5. The van der Waals surface area contributed by atoms with Gasteiger partial charge in [-0.1, -0.05) is 89.2 Å². The van der Waals surface area contributed by atoms with Gasteiger partial charge in [0.15, 0.2) is 0 Å². The van der Waals surface area contributed by atoms with Crippen molar-refractivity contribution in [3.05, 3.63) is 66.2 Å². The maximum atomic E-state index is 6.33. The van der Waals surface area contributed by atoms with Crippen molar-refractivity contribution in [2.24, 2.45) is 5.41 Å². The first-order chi connectivity index (χ1) is 11.7. The second-order valence-electron chi connectivity index (χ2n) is 8.95. The number of benzene rings is 3. The van der Waals surface area contributed by atoms with Crippen LogP contribution in [0, 0.1) is 5.41 Å². The van der Waals surface area contributed by atoms with Gasteiger partial charge in [-0.25, -0.2) is 0 Å². The second-order valence-corrected chi connectivity index (χ2v) is 8.95.